The first kappa shape index (κ1) is 13.6. The summed E-state index contributed by atoms with van der Waals surface area (Å²) in [7, 11) is 0. The fourth-order valence-corrected chi connectivity index (χ4v) is 2.78. The summed E-state index contributed by atoms with van der Waals surface area (Å²) in [6.07, 6.45) is 1.89. The topological polar surface area (TPSA) is 36.1 Å². The fraction of sp³-hybridized carbons (Fsp3) is 0.263. The van der Waals surface area contributed by atoms with Gasteiger partial charge in [-0.1, -0.05) is 67.6 Å². The van der Waals surface area contributed by atoms with Crippen LogP contribution in [0.4, 0.5) is 0 Å². The van der Waals surface area contributed by atoms with Gasteiger partial charge in [-0.05, 0) is 12.8 Å². The minimum atomic E-state index is -0.518. The zero-order chi connectivity index (χ0) is 14.7. The lowest BCUT2D eigenvalue weighted by Gasteiger charge is -2.10. The van der Waals surface area contributed by atoms with E-state index in [1.807, 2.05) is 36.4 Å². The standard InChI is InChI=1S/C19H18N2/c1-2-17-13-19(17,14-20)21-18(15-9-5-3-6-10-15)16-11-7-4-8-12-16/h3-12,17H,2,13H2,1H3/t17-,19+/m0/s1. The number of hydrogen-bond donors (Lipinski definition) is 0. The van der Waals surface area contributed by atoms with E-state index in [4.69, 9.17) is 4.99 Å². The number of benzene rings is 2. The Bertz CT molecular complexity index is 641. The Labute approximate surface area is 125 Å². The Morgan fingerprint density at radius 2 is 1.62 bits per heavy atom. The zero-order valence-corrected chi connectivity index (χ0v) is 12.2. The van der Waals surface area contributed by atoms with Crippen LogP contribution in [-0.2, 0) is 0 Å². The molecule has 0 radical (unpaired) electrons. The van der Waals surface area contributed by atoms with Crippen LogP contribution in [0.1, 0.15) is 30.9 Å². The van der Waals surface area contributed by atoms with Crippen molar-refractivity contribution in [2.24, 2.45) is 10.9 Å². The second kappa shape index (κ2) is 5.54. The quantitative estimate of drug-likeness (QED) is 0.769. The molecule has 21 heavy (non-hydrogen) atoms. The molecule has 0 amide bonds. The molecule has 0 bridgehead atoms. The lowest BCUT2D eigenvalue weighted by molar-refractivity contribution is 0.693. The summed E-state index contributed by atoms with van der Waals surface area (Å²) >= 11 is 0. The maximum Gasteiger partial charge on any atom is 0.150 e. The summed E-state index contributed by atoms with van der Waals surface area (Å²) in [6.45, 7) is 2.13. The highest BCUT2D eigenvalue weighted by Gasteiger charge is 2.54. The minimum absolute atomic E-state index is 0.393. The lowest BCUT2D eigenvalue weighted by atomic mass is 10.0. The van der Waals surface area contributed by atoms with Crippen LogP contribution in [0.2, 0.25) is 0 Å². The van der Waals surface area contributed by atoms with Gasteiger partial charge in [0, 0.05) is 17.0 Å². The molecule has 0 unspecified atom stereocenters. The Morgan fingerprint density at radius 1 is 1.10 bits per heavy atom. The molecule has 2 atom stereocenters. The van der Waals surface area contributed by atoms with Crippen molar-refractivity contribution in [3.63, 3.8) is 0 Å². The van der Waals surface area contributed by atoms with Crippen LogP contribution in [0, 0.1) is 17.2 Å². The molecular weight excluding hydrogens is 256 g/mol. The van der Waals surface area contributed by atoms with E-state index in [1.54, 1.807) is 0 Å². The van der Waals surface area contributed by atoms with Gasteiger partial charge in [0.2, 0.25) is 0 Å². The molecule has 0 heterocycles. The molecule has 1 saturated carbocycles. The van der Waals surface area contributed by atoms with Gasteiger partial charge in [0.15, 0.2) is 5.54 Å². The van der Waals surface area contributed by atoms with Gasteiger partial charge in [-0.2, -0.15) is 5.26 Å². The molecule has 2 aromatic carbocycles. The Morgan fingerprint density at radius 3 is 2.00 bits per heavy atom. The molecule has 0 N–H and O–H groups in total. The van der Waals surface area contributed by atoms with Crippen molar-refractivity contribution in [2.75, 3.05) is 0 Å². The summed E-state index contributed by atoms with van der Waals surface area (Å²) in [5.74, 6) is 0.393. The van der Waals surface area contributed by atoms with E-state index in [1.165, 1.54) is 0 Å². The van der Waals surface area contributed by atoms with Gasteiger partial charge >= 0.3 is 0 Å². The van der Waals surface area contributed by atoms with Crippen molar-refractivity contribution >= 4 is 5.71 Å². The predicted octanol–water partition coefficient (Wildman–Crippen LogP) is 4.22. The van der Waals surface area contributed by atoms with Crippen LogP contribution in [0.3, 0.4) is 0 Å². The lowest BCUT2D eigenvalue weighted by Crippen LogP contribution is -2.13. The van der Waals surface area contributed by atoms with Gasteiger partial charge < -0.3 is 0 Å². The van der Waals surface area contributed by atoms with Crippen molar-refractivity contribution in [2.45, 2.75) is 25.3 Å². The van der Waals surface area contributed by atoms with Gasteiger partial charge in [-0.25, -0.2) is 0 Å². The molecule has 1 fully saturated rings. The van der Waals surface area contributed by atoms with E-state index in [0.717, 1.165) is 29.7 Å². The van der Waals surface area contributed by atoms with Crippen LogP contribution < -0.4 is 0 Å². The molecular formula is C19H18N2. The summed E-state index contributed by atoms with van der Waals surface area (Å²) in [6, 6.07) is 22.7. The number of rotatable bonds is 4. The molecule has 1 aliphatic rings. The van der Waals surface area contributed by atoms with E-state index in [0.29, 0.717) is 5.92 Å². The third kappa shape index (κ3) is 2.60. The van der Waals surface area contributed by atoms with Crippen molar-refractivity contribution in [3.05, 3.63) is 71.8 Å². The van der Waals surface area contributed by atoms with Gasteiger partial charge in [0.1, 0.15) is 0 Å². The number of nitrogens with zero attached hydrogens (tertiary/aromatic N) is 2. The molecule has 0 spiro atoms. The Balaban J connectivity index is 2.09. The van der Waals surface area contributed by atoms with Gasteiger partial charge in [0.05, 0.1) is 11.8 Å². The van der Waals surface area contributed by atoms with Gasteiger partial charge in [-0.15, -0.1) is 0 Å². The molecule has 1 aliphatic carbocycles. The molecule has 0 saturated heterocycles. The maximum absolute atomic E-state index is 9.54. The fourth-order valence-electron chi connectivity index (χ4n) is 2.78. The highest BCUT2D eigenvalue weighted by atomic mass is 15.0. The first-order valence-electron chi connectivity index (χ1n) is 7.41. The Kier molecular flexibility index (Phi) is 3.58. The van der Waals surface area contributed by atoms with Crippen LogP contribution in [0.15, 0.2) is 65.7 Å². The van der Waals surface area contributed by atoms with Crippen LogP contribution >= 0.6 is 0 Å². The van der Waals surface area contributed by atoms with Crippen molar-refractivity contribution in [1.82, 2.24) is 0 Å². The van der Waals surface area contributed by atoms with E-state index in [9.17, 15) is 5.26 Å². The van der Waals surface area contributed by atoms with Crippen LogP contribution in [0.5, 0.6) is 0 Å². The van der Waals surface area contributed by atoms with Crippen LogP contribution in [0.25, 0.3) is 0 Å². The summed E-state index contributed by atoms with van der Waals surface area (Å²) < 4.78 is 0. The molecule has 104 valence electrons. The van der Waals surface area contributed by atoms with Crippen LogP contribution in [-0.4, -0.2) is 11.3 Å². The van der Waals surface area contributed by atoms with Crippen molar-refractivity contribution < 1.29 is 0 Å². The number of aliphatic imine (C=N–C) groups is 1. The zero-order valence-electron chi connectivity index (χ0n) is 12.2. The number of hydrogen-bond acceptors (Lipinski definition) is 2. The SMILES string of the molecule is CC[C@H]1C[C@]1(C#N)N=C(c1ccccc1)c1ccccc1. The minimum Gasteiger partial charge on any atom is -0.262 e. The molecule has 0 aromatic heterocycles. The highest BCUT2D eigenvalue weighted by molar-refractivity contribution is 6.13. The third-order valence-electron chi connectivity index (χ3n) is 4.17. The second-order valence-corrected chi connectivity index (χ2v) is 5.54. The molecule has 2 nitrogen and oxygen atoms in total. The molecule has 2 heteroatoms. The molecule has 2 aromatic rings. The average molecular weight is 274 g/mol. The smallest absolute Gasteiger partial charge is 0.150 e. The summed E-state index contributed by atoms with van der Waals surface area (Å²) in [4.78, 5) is 4.89. The largest absolute Gasteiger partial charge is 0.262 e. The van der Waals surface area contributed by atoms with E-state index >= 15 is 0 Å². The Hall–Kier alpha value is -2.40. The summed E-state index contributed by atoms with van der Waals surface area (Å²) in [5.41, 5.74) is 2.55. The van der Waals surface area contributed by atoms with Crippen molar-refractivity contribution in [1.29, 1.82) is 5.26 Å². The second-order valence-electron chi connectivity index (χ2n) is 5.54. The van der Waals surface area contributed by atoms with Crippen molar-refractivity contribution in [3.8, 4) is 6.07 Å². The summed E-state index contributed by atoms with van der Waals surface area (Å²) in [5, 5.41) is 9.54. The molecule has 0 aliphatic heterocycles. The number of nitriles is 1. The predicted molar refractivity (Wildman–Crippen MR) is 85.3 cm³/mol. The third-order valence-corrected chi connectivity index (χ3v) is 4.17. The maximum atomic E-state index is 9.54. The van der Waals surface area contributed by atoms with E-state index in [-0.39, 0.29) is 0 Å². The monoisotopic (exact) mass is 274 g/mol. The molecule has 3 rings (SSSR count). The van der Waals surface area contributed by atoms with E-state index < -0.39 is 5.54 Å². The average Bonchev–Trinajstić information content (AvgIpc) is 3.28. The van der Waals surface area contributed by atoms with E-state index in [2.05, 4.69) is 37.3 Å². The van der Waals surface area contributed by atoms with Gasteiger partial charge in [-0.3, -0.25) is 4.99 Å². The normalized spacial score (nSPS) is 23.1. The van der Waals surface area contributed by atoms with Gasteiger partial charge in [0.25, 0.3) is 0 Å². The first-order valence-corrected chi connectivity index (χ1v) is 7.41. The first-order chi connectivity index (χ1) is 10.3. The highest BCUT2D eigenvalue weighted by Crippen LogP contribution is 2.49.